The van der Waals surface area contributed by atoms with Crippen molar-refractivity contribution in [1.82, 2.24) is 4.98 Å². The summed E-state index contributed by atoms with van der Waals surface area (Å²) in [6.07, 6.45) is 4.36. The van der Waals surface area contributed by atoms with Crippen LogP contribution < -0.4 is 10.5 Å². The van der Waals surface area contributed by atoms with E-state index >= 15 is 0 Å². The first-order valence-corrected chi connectivity index (χ1v) is 6.48. The summed E-state index contributed by atoms with van der Waals surface area (Å²) in [7, 11) is 0. The lowest BCUT2D eigenvalue weighted by Crippen LogP contribution is -2.17. The van der Waals surface area contributed by atoms with Crippen molar-refractivity contribution in [3.63, 3.8) is 0 Å². The van der Waals surface area contributed by atoms with Gasteiger partial charge in [0.05, 0.1) is 6.20 Å². The van der Waals surface area contributed by atoms with E-state index in [2.05, 4.69) is 24.9 Å². The summed E-state index contributed by atoms with van der Waals surface area (Å²) in [5.41, 5.74) is 9.27. The van der Waals surface area contributed by atoms with Gasteiger partial charge in [-0.05, 0) is 62.1 Å². The monoisotopic (exact) mass is 256 g/mol. The zero-order valence-electron chi connectivity index (χ0n) is 11.7. The Labute approximate surface area is 114 Å². The molecule has 0 bridgehead atoms. The van der Waals surface area contributed by atoms with Crippen LogP contribution in [0, 0.1) is 13.8 Å². The minimum absolute atomic E-state index is 0.123. The highest BCUT2D eigenvalue weighted by Crippen LogP contribution is 2.24. The Morgan fingerprint density at radius 2 is 1.74 bits per heavy atom. The van der Waals surface area contributed by atoms with E-state index in [0.29, 0.717) is 0 Å². The first-order valence-electron chi connectivity index (χ1n) is 6.48. The van der Waals surface area contributed by atoms with Crippen LogP contribution in [0.15, 0.2) is 36.7 Å². The van der Waals surface area contributed by atoms with Crippen LogP contribution in [0.2, 0.25) is 0 Å². The fourth-order valence-electron chi connectivity index (χ4n) is 2.13. The second-order valence-electron chi connectivity index (χ2n) is 5.14. The molecule has 0 aliphatic rings. The molecular weight excluding hydrogens is 236 g/mol. The van der Waals surface area contributed by atoms with Gasteiger partial charge >= 0.3 is 0 Å². The predicted octanol–water partition coefficient (Wildman–Crippen LogP) is 3.38. The number of hydrogen-bond donors (Lipinski definition) is 1. The molecule has 19 heavy (non-hydrogen) atoms. The molecule has 2 N–H and O–H groups in total. The second kappa shape index (κ2) is 5.85. The zero-order valence-corrected chi connectivity index (χ0v) is 11.7. The second-order valence-corrected chi connectivity index (χ2v) is 5.14. The molecule has 1 heterocycles. The van der Waals surface area contributed by atoms with E-state index in [0.717, 1.165) is 23.5 Å². The molecule has 0 aliphatic heterocycles. The average molecular weight is 256 g/mol. The Kier molecular flexibility index (Phi) is 4.17. The SMILES string of the molecule is Cc1cc(C)cc(Oc2cncc(CC(C)N)c2)c1. The highest BCUT2D eigenvalue weighted by Gasteiger charge is 2.03. The van der Waals surface area contributed by atoms with Crippen LogP contribution in [0.3, 0.4) is 0 Å². The van der Waals surface area contributed by atoms with Crippen LogP contribution in [0.5, 0.6) is 11.5 Å². The molecule has 0 amide bonds. The summed E-state index contributed by atoms with van der Waals surface area (Å²) in [5, 5.41) is 0. The van der Waals surface area contributed by atoms with Crippen molar-refractivity contribution in [1.29, 1.82) is 0 Å². The van der Waals surface area contributed by atoms with E-state index in [1.807, 2.05) is 31.3 Å². The van der Waals surface area contributed by atoms with Gasteiger partial charge < -0.3 is 10.5 Å². The van der Waals surface area contributed by atoms with Gasteiger partial charge in [-0.3, -0.25) is 4.98 Å². The summed E-state index contributed by atoms with van der Waals surface area (Å²) in [6.45, 7) is 6.10. The summed E-state index contributed by atoms with van der Waals surface area (Å²) >= 11 is 0. The highest BCUT2D eigenvalue weighted by molar-refractivity contribution is 5.37. The first-order chi connectivity index (χ1) is 9.02. The summed E-state index contributed by atoms with van der Waals surface area (Å²) in [6, 6.07) is 8.28. The predicted molar refractivity (Wildman–Crippen MR) is 77.6 cm³/mol. The fourth-order valence-corrected chi connectivity index (χ4v) is 2.13. The Hall–Kier alpha value is -1.87. The maximum absolute atomic E-state index is 5.86. The third-order valence-corrected chi connectivity index (χ3v) is 2.76. The molecule has 0 aliphatic carbocycles. The number of rotatable bonds is 4. The van der Waals surface area contributed by atoms with Crippen LogP contribution >= 0.6 is 0 Å². The number of nitrogens with two attached hydrogens (primary N) is 1. The number of ether oxygens (including phenoxy) is 1. The lowest BCUT2D eigenvalue weighted by molar-refractivity contribution is 0.478. The van der Waals surface area contributed by atoms with E-state index < -0.39 is 0 Å². The van der Waals surface area contributed by atoms with E-state index in [4.69, 9.17) is 10.5 Å². The summed E-state index contributed by atoms with van der Waals surface area (Å²) in [5.74, 6) is 1.60. The van der Waals surface area contributed by atoms with Crippen LogP contribution in [0.4, 0.5) is 0 Å². The third kappa shape index (κ3) is 4.07. The zero-order chi connectivity index (χ0) is 13.8. The van der Waals surface area contributed by atoms with Crippen molar-refractivity contribution in [2.24, 2.45) is 5.73 Å². The molecule has 2 aromatic rings. The summed E-state index contributed by atoms with van der Waals surface area (Å²) in [4.78, 5) is 4.20. The van der Waals surface area contributed by atoms with Gasteiger partial charge in [-0.15, -0.1) is 0 Å². The highest BCUT2D eigenvalue weighted by atomic mass is 16.5. The van der Waals surface area contributed by atoms with Gasteiger partial charge in [0.15, 0.2) is 0 Å². The van der Waals surface area contributed by atoms with Gasteiger partial charge in [-0.2, -0.15) is 0 Å². The Morgan fingerprint density at radius 3 is 2.37 bits per heavy atom. The van der Waals surface area contributed by atoms with E-state index in [1.165, 1.54) is 11.1 Å². The van der Waals surface area contributed by atoms with Crippen LogP contribution in [-0.4, -0.2) is 11.0 Å². The maximum Gasteiger partial charge on any atom is 0.145 e. The van der Waals surface area contributed by atoms with Crippen molar-refractivity contribution >= 4 is 0 Å². The van der Waals surface area contributed by atoms with Gasteiger partial charge in [-0.25, -0.2) is 0 Å². The molecule has 0 spiro atoms. The van der Waals surface area contributed by atoms with E-state index in [1.54, 1.807) is 6.20 Å². The molecule has 1 aromatic carbocycles. The number of hydrogen-bond acceptors (Lipinski definition) is 3. The van der Waals surface area contributed by atoms with Gasteiger partial charge in [0, 0.05) is 12.2 Å². The molecule has 1 unspecified atom stereocenters. The third-order valence-electron chi connectivity index (χ3n) is 2.76. The first kappa shape index (κ1) is 13.6. The van der Waals surface area contributed by atoms with Crippen molar-refractivity contribution in [2.75, 3.05) is 0 Å². The normalized spacial score (nSPS) is 12.2. The minimum atomic E-state index is 0.123. The maximum atomic E-state index is 5.86. The van der Waals surface area contributed by atoms with E-state index in [9.17, 15) is 0 Å². The van der Waals surface area contributed by atoms with Gasteiger partial charge in [0.25, 0.3) is 0 Å². The largest absolute Gasteiger partial charge is 0.456 e. The van der Waals surface area contributed by atoms with Crippen molar-refractivity contribution < 1.29 is 4.74 Å². The standard InChI is InChI=1S/C16H20N2O/c1-11-4-12(2)6-15(5-11)19-16-8-14(7-13(3)17)9-18-10-16/h4-6,8-10,13H,7,17H2,1-3H3. The molecule has 100 valence electrons. The lowest BCUT2D eigenvalue weighted by Gasteiger charge is -2.10. The molecular formula is C16H20N2O. The molecule has 1 atom stereocenters. The Morgan fingerprint density at radius 1 is 1.05 bits per heavy atom. The van der Waals surface area contributed by atoms with Crippen molar-refractivity contribution in [3.05, 3.63) is 53.3 Å². The van der Waals surface area contributed by atoms with Crippen LogP contribution in [0.1, 0.15) is 23.6 Å². The lowest BCUT2D eigenvalue weighted by atomic mass is 10.1. The summed E-state index contributed by atoms with van der Waals surface area (Å²) < 4.78 is 5.86. The van der Waals surface area contributed by atoms with Crippen molar-refractivity contribution in [2.45, 2.75) is 33.2 Å². The van der Waals surface area contributed by atoms with Gasteiger partial charge in [0.1, 0.15) is 11.5 Å². The Bertz CT molecular complexity index is 544. The number of aromatic nitrogens is 1. The smallest absolute Gasteiger partial charge is 0.145 e. The minimum Gasteiger partial charge on any atom is -0.456 e. The Balaban J connectivity index is 2.18. The quantitative estimate of drug-likeness (QED) is 0.912. The molecule has 0 saturated heterocycles. The topological polar surface area (TPSA) is 48.1 Å². The molecule has 0 radical (unpaired) electrons. The molecule has 3 nitrogen and oxygen atoms in total. The number of aryl methyl sites for hydroxylation is 2. The molecule has 3 heteroatoms. The number of nitrogens with zero attached hydrogens (tertiary/aromatic N) is 1. The van der Waals surface area contributed by atoms with Crippen molar-refractivity contribution in [3.8, 4) is 11.5 Å². The average Bonchev–Trinajstić information content (AvgIpc) is 2.26. The molecule has 1 aromatic heterocycles. The number of benzene rings is 1. The van der Waals surface area contributed by atoms with Gasteiger partial charge in [-0.1, -0.05) is 6.07 Å². The number of pyridine rings is 1. The van der Waals surface area contributed by atoms with E-state index in [-0.39, 0.29) is 6.04 Å². The fraction of sp³-hybridized carbons (Fsp3) is 0.312. The molecule has 0 saturated carbocycles. The van der Waals surface area contributed by atoms with Crippen LogP contribution in [-0.2, 0) is 6.42 Å². The molecule has 2 rings (SSSR count). The van der Waals surface area contributed by atoms with Crippen LogP contribution in [0.25, 0.3) is 0 Å². The molecule has 0 fully saturated rings. The van der Waals surface area contributed by atoms with Gasteiger partial charge in [0.2, 0.25) is 0 Å².